The molecule has 2 rings (SSSR count). The second-order valence-corrected chi connectivity index (χ2v) is 10.1. The minimum Gasteiger partial charge on any atom is -0.357 e. The van der Waals surface area contributed by atoms with Gasteiger partial charge in [-0.15, -0.1) is 0 Å². The number of hydrogen-bond acceptors (Lipinski definition) is 4. The van der Waals surface area contributed by atoms with E-state index in [0.29, 0.717) is 15.7 Å². The van der Waals surface area contributed by atoms with Crippen molar-refractivity contribution in [3.8, 4) is 0 Å². The van der Waals surface area contributed by atoms with Crippen molar-refractivity contribution in [1.82, 2.24) is 10.2 Å². The van der Waals surface area contributed by atoms with Gasteiger partial charge in [-0.25, -0.2) is 8.42 Å². The molecule has 10 heteroatoms. The zero-order chi connectivity index (χ0) is 23.9. The van der Waals surface area contributed by atoms with Gasteiger partial charge in [0.25, 0.3) is 0 Å². The minimum absolute atomic E-state index is 0.0609. The van der Waals surface area contributed by atoms with E-state index in [1.54, 1.807) is 49.4 Å². The number of hydrogen-bond donors (Lipinski definition) is 1. The normalized spacial score (nSPS) is 12.2. The first-order valence-corrected chi connectivity index (χ1v) is 12.6. The molecule has 0 aliphatic rings. The summed E-state index contributed by atoms with van der Waals surface area (Å²) in [6, 6.07) is 12.8. The predicted octanol–water partition coefficient (Wildman–Crippen LogP) is 3.70. The largest absolute Gasteiger partial charge is 0.357 e. The van der Waals surface area contributed by atoms with Crippen LogP contribution >= 0.6 is 23.2 Å². The molecule has 0 aliphatic carbocycles. The average molecular weight is 500 g/mol. The average Bonchev–Trinajstić information content (AvgIpc) is 2.75. The molecule has 0 saturated carbocycles. The zero-order valence-corrected chi connectivity index (χ0v) is 20.5. The Hall–Kier alpha value is -2.29. The fourth-order valence-electron chi connectivity index (χ4n) is 3.21. The maximum Gasteiger partial charge on any atom is 0.242 e. The molecule has 0 radical (unpaired) electrons. The Morgan fingerprint density at radius 1 is 1.06 bits per heavy atom. The highest BCUT2D eigenvalue weighted by Gasteiger charge is 2.26. The number of anilines is 1. The van der Waals surface area contributed by atoms with Gasteiger partial charge in [0.05, 0.1) is 11.9 Å². The van der Waals surface area contributed by atoms with E-state index in [2.05, 4.69) is 5.32 Å². The summed E-state index contributed by atoms with van der Waals surface area (Å²) in [6.07, 6.45) is 1.44. The van der Waals surface area contributed by atoms with Crippen LogP contribution in [-0.4, -0.2) is 51.0 Å². The van der Waals surface area contributed by atoms with Crippen molar-refractivity contribution in [2.24, 2.45) is 0 Å². The number of halogens is 2. The predicted molar refractivity (Wildman–Crippen MR) is 128 cm³/mol. The summed E-state index contributed by atoms with van der Waals surface area (Å²) < 4.78 is 25.8. The van der Waals surface area contributed by atoms with E-state index in [-0.39, 0.29) is 37.7 Å². The Bertz CT molecular complexity index is 1050. The van der Waals surface area contributed by atoms with Gasteiger partial charge in [-0.1, -0.05) is 41.4 Å². The summed E-state index contributed by atoms with van der Waals surface area (Å²) in [7, 11) is -2.05. The van der Waals surface area contributed by atoms with Crippen LogP contribution < -0.4 is 9.62 Å². The molecular formula is C22H27Cl2N3O4S. The molecule has 2 aromatic rings. The van der Waals surface area contributed by atoms with E-state index in [1.165, 1.54) is 16.3 Å². The lowest BCUT2D eigenvalue weighted by atomic mass is 10.1. The second kappa shape index (κ2) is 11.5. The Morgan fingerprint density at radius 2 is 1.69 bits per heavy atom. The fourth-order valence-corrected chi connectivity index (χ4v) is 4.50. The fraction of sp³-hybridized carbons (Fsp3) is 0.364. The molecule has 0 aromatic heterocycles. The summed E-state index contributed by atoms with van der Waals surface area (Å²) in [4.78, 5) is 26.7. The van der Waals surface area contributed by atoms with Crippen molar-refractivity contribution in [2.75, 3.05) is 24.2 Å². The molecule has 0 unspecified atom stereocenters. The lowest BCUT2D eigenvalue weighted by molar-refractivity contribution is -0.140. The summed E-state index contributed by atoms with van der Waals surface area (Å²) in [5.41, 5.74) is 1.19. The molecule has 0 spiro atoms. The quantitative estimate of drug-likeness (QED) is 0.539. The van der Waals surface area contributed by atoms with Crippen LogP contribution in [0.2, 0.25) is 10.0 Å². The van der Waals surface area contributed by atoms with Crippen LogP contribution in [0.3, 0.4) is 0 Å². The van der Waals surface area contributed by atoms with Gasteiger partial charge in [0.2, 0.25) is 21.8 Å². The van der Waals surface area contributed by atoms with Gasteiger partial charge in [-0.05, 0) is 49.2 Å². The highest BCUT2D eigenvalue weighted by atomic mass is 35.5. The van der Waals surface area contributed by atoms with Gasteiger partial charge in [-0.2, -0.15) is 0 Å². The molecular weight excluding hydrogens is 473 g/mol. The number of carbonyl (C=O) groups excluding carboxylic acids is 2. The van der Waals surface area contributed by atoms with Crippen molar-refractivity contribution in [1.29, 1.82) is 0 Å². The van der Waals surface area contributed by atoms with Crippen molar-refractivity contribution < 1.29 is 18.0 Å². The maximum absolute atomic E-state index is 13.1. The number of carbonyl (C=O) groups is 2. The highest BCUT2D eigenvalue weighted by Crippen LogP contribution is 2.22. The van der Waals surface area contributed by atoms with E-state index < -0.39 is 16.1 Å². The summed E-state index contributed by atoms with van der Waals surface area (Å²) in [5, 5.41) is 3.55. The number of likely N-dealkylation sites (N-methyl/N-ethyl adjacent to an activating group) is 1. The molecule has 0 bridgehead atoms. The van der Waals surface area contributed by atoms with Gasteiger partial charge >= 0.3 is 0 Å². The van der Waals surface area contributed by atoms with Gasteiger partial charge in [0.15, 0.2) is 0 Å². The first-order valence-electron chi connectivity index (χ1n) is 10.0. The van der Waals surface area contributed by atoms with Crippen LogP contribution in [0.4, 0.5) is 5.69 Å². The van der Waals surface area contributed by atoms with Gasteiger partial charge in [0.1, 0.15) is 6.04 Å². The Balaban J connectivity index is 2.14. The highest BCUT2D eigenvalue weighted by molar-refractivity contribution is 7.92. The summed E-state index contributed by atoms with van der Waals surface area (Å²) in [5.74, 6) is -0.574. The van der Waals surface area contributed by atoms with E-state index in [4.69, 9.17) is 23.2 Å². The van der Waals surface area contributed by atoms with Crippen LogP contribution in [0.5, 0.6) is 0 Å². The SMILES string of the molecule is CNC(=O)[C@@H](C)N(Cc1ccccc1Cl)C(=O)CCCN(c1ccc(Cl)cc1)S(C)(=O)=O. The number of rotatable bonds is 10. The van der Waals surface area contributed by atoms with Crippen LogP contribution in [0.15, 0.2) is 48.5 Å². The molecule has 0 heterocycles. The molecule has 0 saturated heterocycles. The van der Waals surface area contributed by atoms with Crippen LogP contribution in [0, 0.1) is 0 Å². The Labute approximate surface area is 199 Å². The molecule has 1 N–H and O–H groups in total. The van der Waals surface area contributed by atoms with E-state index in [1.807, 2.05) is 6.07 Å². The van der Waals surface area contributed by atoms with Crippen LogP contribution in [0.25, 0.3) is 0 Å². The number of amides is 2. The van der Waals surface area contributed by atoms with E-state index in [0.717, 1.165) is 11.8 Å². The molecule has 0 aliphatic heterocycles. The van der Waals surface area contributed by atoms with Crippen molar-refractivity contribution >= 4 is 50.7 Å². The third kappa shape index (κ3) is 7.12. The van der Waals surface area contributed by atoms with Gasteiger partial charge in [-0.3, -0.25) is 13.9 Å². The third-order valence-electron chi connectivity index (χ3n) is 4.98. The van der Waals surface area contributed by atoms with Crippen LogP contribution in [0.1, 0.15) is 25.3 Å². The lowest BCUT2D eigenvalue weighted by Gasteiger charge is -2.29. The molecule has 32 heavy (non-hydrogen) atoms. The zero-order valence-electron chi connectivity index (χ0n) is 18.2. The molecule has 0 fully saturated rings. The Kier molecular flexibility index (Phi) is 9.36. The summed E-state index contributed by atoms with van der Waals surface area (Å²) >= 11 is 12.1. The maximum atomic E-state index is 13.1. The number of benzene rings is 2. The third-order valence-corrected chi connectivity index (χ3v) is 6.79. The van der Waals surface area contributed by atoms with Gasteiger partial charge < -0.3 is 10.2 Å². The van der Waals surface area contributed by atoms with Crippen molar-refractivity contribution in [3.05, 3.63) is 64.1 Å². The molecule has 2 amide bonds. The minimum atomic E-state index is -3.55. The van der Waals surface area contributed by atoms with E-state index >= 15 is 0 Å². The topological polar surface area (TPSA) is 86.8 Å². The lowest BCUT2D eigenvalue weighted by Crippen LogP contribution is -2.46. The van der Waals surface area contributed by atoms with Gasteiger partial charge in [0, 0.05) is 36.6 Å². The van der Waals surface area contributed by atoms with E-state index in [9.17, 15) is 18.0 Å². The monoisotopic (exact) mass is 499 g/mol. The van der Waals surface area contributed by atoms with Crippen molar-refractivity contribution in [2.45, 2.75) is 32.4 Å². The number of nitrogens with zero attached hydrogens (tertiary/aromatic N) is 2. The second-order valence-electron chi connectivity index (χ2n) is 7.32. The van der Waals surface area contributed by atoms with Crippen LogP contribution in [-0.2, 0) is 26.2 Å². The molecule has 2 aromatic carbocycles. The number of nitrogens with one attached hydrogen (secondary N) is 1. The molecule has 174 valence electrons. The standard InChI is InChI=1S/C22H27Cl2N3O4S/c1-16(22(29)25-2)26(15-17-7-4-5-8-20(17)24)21(28)9-6-14-27(32(3,30)31)19-12-10-18(23)11-13-19/h4-5,7-8,10-13,16H,6,9,14-15H2,1-3H3,(H,25,29)/t16-/m1/s1. The first kappa shape index (κ1) is 26.0. The Morgan fingerprint density at radius 3 is 2.25 bits per heavy atom. The summed E-state index contributed by atoms with van der Waals surface area (Å²) in [6.45, 7) is 1.92. The molecule has 1 atom stereocenters. The number of sulfonamides is 1. The first-order chi connectivity index (χ1) is 15.0. The smallest absolute Gasteiger partial charge is 0.242 e. The molecule has 7 nitrogen and oxygen atoms in total. The van der Waals surface area contributed by atoms with Crippen molar-refractivity contribution in [3.63, 3.8) is 0 Å².